The van der Waals surface area contributed by atoms with Gasteiger partial charge in [0, 0.05) is 18.9 Å². The van der Waals surface area contributed by atoms with Crippen LogP contribution in [0.3, 0.4) is 0 Å². The third kappa shape index (κ3) is 3.88. The van der Waals surface area contributed by atoms with Crippen molar-refractivity contribution in [3.05, 3.63) is 30.1 Å². The third-order valence-corrected chi connectivity index (χ3v) is 4.04. The van der Waals surface area contributed by atoms with Crippen LogP contribution in [-0.2, 0) is 16.4 Å². The van der Waals surface area contributed by atoms with Gasteiger partial charge in [-0.2, -0.15) is 0 Å². The summed E-state index contributed by atoms with van der Waals surface area (Å²) in [5, 5.41) is 7.98. The minimum absolute atomic E-state index is 0.318. The summed E-state index contributed by atoms with van der Waals surface area (Å²) in [6, 6.07) is 3.69. The molecule has 6 heteroatoms. The van der Waals surface area contributed by atoms with E-state index in [0.717, 1.165) is 5.56 Å². The Balaban J connectivity index is 2.42. The quantitative estimate of drug-likeness (QED) is 0.734. The number of hydrogen-bond donors (Lipinski definition) is 2. The largest absolute Gasteiger partial charge is 0.395 e. The van der Waals surface area contributed by atoms with Gasteiger partial charge in [0.15, 0.2) is 0 Å². The van der Waals surface area contributed by atoms with E-state index in [1.165, 1.54) is 6.92 Å². The van der Waals surface area contributed by atoms with Crippen LogP contribution >= 0.6 is 0 Å². The van der Waals surface area contributed by atoms with Gasteiger partial charge in [0.1, 0.15) is 0 Å². The van der Waals surface area contributed by atoms with Crippen molar-refractivity contribution >= 4 is 10.0 Å². The van der Waals surface area contributed by atoms with E-state index in [4.69, 9.17) is 5.11 Å². The second-order valence-electron chi connectivity index (χ2n) is 3.54. The molecule has 1 rings (SSSR count). The highest BCUT2D eigenvalue weighted by Crippen LogP contribution is 1.99. The first-order chi connectivity index (χ1) is 7.56. The molecule has 0 aliphatic rings. The Morgan fingerprint density at radius 2 is 2.31 bits per heavy atom. The summed E-state index contributed by atoms with van der Waals surface area (Å²) < 4.78 is 25.4. The van der Waals surface area contributed by atoms with Crippen molar-refractivity contribution in [3.63, 3.8) is 0 Å². The van der Waals surface area contributed by atoms with E-state index in [1.807, 2.05) is 6.07 Å². The molecule has 0 spiro atoms. The maximum absolute atomic E-state index is 11.5. The summed E-state index contributed by atoms with van der Waals surface area (Å²) in [4.78, 5) is 3.93. The molecule has 16 heavy (non-hydrogen) atoms. The van der Waals surface area contributed by atoms with Gasteiger partial charge in [0.25, 0.3) is 0 Å². The predicted octanol–water partition coefficient (Wildman–Crippen LogP) is -0.0757. The summed E-state index contributed by atoms with van der Waals surface area (Å²) in [5.41, 5.74) is 0.974. The zero-order chi connectivity index (χ0) is 12.0. The second-order valence-corrected chi connectivity index (χ2v) is 5.73. The molecule has 1 aromatic rings. The van der Waals surface area contributed by atoms with Crippen LogP contribution in [0.4, 0.5) is 0 Å². The number of aliphatic hydroxyl groups excluding tert-OH is 1. The van der Waals surface area contributed by atoms with Crippen LogP contribution in [0.1, 0.15) is 12.5 Å². The van der Waals surface area contributed by atoms with Crippen LogP contribution in [0.15, 0.2) is 24.5 Å². The molecule has 1 unspecified atom stereocenters. The number of hydrogen-bond acceptors (Lipinski definition) is 4. The van der Waals surface area contributed by atoms with Gasteiger partial charge in [-0.15, -0.1) is 0 Å². The molecule has 0 fully saturated rings. The molecule has 2 N–H and O–H groups in total. The molecule has 90 valence electrons. The van der Waals surface area contributed by atoms with Crippen LogP contribution in [0.5, 0.6) is 0 Å². The molecule has 0 radical (unpaired) electrons. The van der Waals surface area contributed by atoms with E-state index < -0.39 is 15.3 Å². The number of sulfonamides is 1. The lowest BCUT2D eigenvalue weighted by Crippen LogP contribution is -2.35. The molecule has 0 saturated heterocycles. The lowest BCUT2D eigenvalue weighted by Gasteiger charge is -2.10. The molecule has 0 saturated carbocycles. The van der Waals surface area contributed by atoms with Crippen LogP contribution < -0.4 is 4.72 Å². The van der Waals surface area contributed by atoms with E-state index in [0.29, 0.717) is 13.0 Å². The summed E-state index contributed by atoms with van der Waals surface area (Å²) in [7, 11) is -3.40. The smallest absolute Gasteiger partial charge is 0.216 e. The molecule has 0 aliphatic heterocycles. The molecule has 1 heterocycles. The first-order valence-electron chi connectivity index (χ1n) is 5.04. The number of nitrogens with one attached hydrogen (secondary N) is 1. The minimum Gasteiger partial charge on any atom is -0.395 e. The van der Waals surface area contributed by atoms with Crippen molar-refractivity contribution in [2.24, 2.45) is 0 Å². The average Bonchev–Trinajstić information content (AvgIpc) is 2.29. The highest BCUT2D eigenvalue weighted by atomic mass is 32.2. The Morgan fingerprint density at radius 3 is 2.88 bits per heavy atom. The zero-order valence-electron chi connectivity index (χ0n) is 9.13. The monoisotopic (exact) mass is 244 g/mol. The van der Waals surface area contributed by atoms with Gasteiger partial charge in [0.2, 0.25) is 10.0 Å². The highest BCUT2D eigenvalue weighted by Gasteiger charge is 2.18. The van der Waals surface area contributed by atoms with Crippen LogP contribution in [0, 0.1) is 0 Å². The first kappa shape index (κ1) is 13.1. The Morgan fingerprint density at radius 1 is 1.56 bits per heavy atom. The Hall–Kier alpha value is -0.980. The molecular formula is C10H16N2O3S. The standard InChI is InChI=1S/C10H16N2O3S/c1-9(8-13)16(14,15)12-6-4-10-3-2-5-11-7-10/h2-3,5,7,9,12-13H,4,6,8H2,1H3. The topological polar surface area (TPSA) is 79.3 Å². The summed E-state index contributed by atoms with van der Waals surface area (Å²) >= 11 is 0. The van der Waals surface area contributed by atoms with Crippen molar-refractivity contribution in [2.75, 3.05) is 13.2 Å². The van der Waals surface area contributed by atoms with E-state index >= 15 is 0 Å². The van der Waals surface area contributed by atoms with Crippen molar-refractivity contribution in [3.8, 4) is 0 Å². The van der Waals surface area contributed by atoms with Gasteiger partial charge in [-0.1, -0.05) is 6.07 Å². The number of rotatable bonds is 6. The molecule has 1 atom stereocenters. The summed E-state index contributed by atoms with van der Waals surface area (Å²) in [5.74, 6) is 0. The number of pyridine rings is 1. The molecule has 5 nitrogen and oxygen atoms in total. The lowest BCUT2D eigenvalue weighted by atomic mass is 10.2. The van der Waals surface area contributed by atoms with Gasteiger partial charge in [-0.05, 0) is 25.0 Å². The SMILES string of the molecule is CC(CO)S(=O)(=O)NCCc1cccnc1. The minimum atomic E-state index is -3.40. The molecule has 0 amide bonds. The van der Waals surface area contributed by atoms with Crippen molar-refractivity contribution in [1.82, 2.24) is 9.71 Å². The van der Waals surface area contributed by atoms with Gasteiger partial charge in [0.05, 0.1) is 11.9 Å². The molecule has 0 aromatic carbocycles. The predicted molar refractivity (Wildman–Crippen MR) is 61.4 cm³/mol. The van der Waals surface area contributed by atoms with Crippen LogP contribution in [-0.4, -0.2) is 36.9 Å². The molecule has 0 bridgehead atoms. The van der Waals surface area contributed by atoms with E-state index in [1.54, 1.807) is 18.5 Å². The van der Waals surface area contributed by atoms with E-state index in [2.05, 4.69) is 9.71 Å². The lowest BCUT2D eigenvalue weighted by molar-refractivity contribution is 0.295. The van der Waals surface area contributed by atoms with Gasteiger partial charge in [-0.3, -0.25) is 4.98 Å². The summed E-state index contributed by atoms with van der Waals surface area (Å²) in [6.07, 6.45) is 3.95. The average molecular weight is 244 g/mol. The third-order valence-electron chi connectivity index (χ3n) is 2.23. The fraction of sp³-hybridized carbons (Fsp3) is 0.500. The number of aliphatic hydroxyl groups is 1. The maximum atomic E-state index is 11.5. The first-order valence-corrected chi connectivity index (χ1v) is 6.59. The van der Waals surface area contributed by atoms with Crippen LogP contribution in [0.25, 0.3) is 0 Å². The zero-order valence-corrected chi connectivity index (χ0v) is 9.94. The van der Waals surface area contributed by atoms with Gasteiger partial charge in [-0.25, -0.2) is 13.1 Å². The van der Waals surface area contributed by atoms with Crippen molar-refractivity contribution in [2.45, 2.75) is 18.6 Å². The number of aromatic nitrogens is 1. The fourth-order valence-electron chi connectivity index (χ4n) is 1.12. The maximum Gasteiger partial charge on any atom is 0.216 e. The summed E-state index contributed by atoms with van der Waals surface area (Å²) in [6.45, 7) is 1.41. The van der Waals surface area contributed by atoms with Crippen molar-refractivity contribution < 1.29 is 13.5 Å². The normalized spacial score (nSPS) is 13.6. The van der Waals surface area contributed by atoms with E-state index in [-0.39, 0.29) is 6.61 Å². The molecule has 0 aliphatic carbocycles. The van der Waals surface area contributed by atoms with Crippen LogP contribution in [0.2, 0.25) is 0 Å². The van der Waals surface area contributed by atoms with Crippen molar-refractivity contribution in [1.29, 1.82) is 0 Å². The fourth-order valence-corrected chi connectivity index (χ4v) is 1.99. The Kier molecular flexibility index (Phi) is 4.85. The Labute approximate surface area is 95.6 Å². The van der Waals surface area contributed by atoms with Gasteiger partial charge >= 0.3 is 0 Å². The highest BCUT2D eigenvalue weighted by molar-refractivity contribution is 7.90. The number of nitrogens with zero attached hydrogens (tertiary/aromatic N) is 1. The van der Waals surface area contributed by atoms with Gasteiger partial charge < -0.3 is 5.11 Å². The molecule has 1 aromatic heterocycles. The molecular weight excluding hydrogens is 228 g/mol. The second kappa shape index (κ2) is 5.93. The van der Waals surface area contributed by atoms with E-state index in [9.17, 15) is 8.42 Å². The Bertz CT molecular complexity index is 405.